The van der Waals surface area contributed by atoms with Crippen molar-refractivity contribution in [3.63, 3.8) is 0 Å². The lowest BCUT2D eigenvalue weighted by Crippen LogP contribution is -2.22. The van der Waals surface area contributed by atoms with E-state index >= 15 is 0 Å². The molecule has 2 aromatic heterocycles. The molecule has 4 rings (SSSR count). The fraction of sp³-hybridized carbons (Fsp3) is 0.312. The topological polar surface area (TPSA) is 98.1 Å². The molecule has 220 valence electrons. The molecule has 10 heteroatoms. The predicted molar refractivity (Wildman–Crippen MR) is 174 cm³/mol. The molecule has 4 aromatic rings. The number of nitrogens with one attached hydrogen (secondary N) is 2. The van der Waals surface area contributed by atoms with E-state index in [0.717, 1.165) is 33.6 Å². The zero-order chi connectivity index (χ0) is 30.1. The van der Waals surface area contributed by atoms with Gasteiger partial charge in [0, 0.05) is 45.3 Å². The number of thioether (sulfide) groups is 1. The van der Waals surface area contributed by atoms with Gasteiger partial charge in [-0.15, -0.1) is 0 Å². The van der Waals surface area contributed by atoms with Crippen molar-refractivity contribution in [1.82, 2.24) is 14.5 Å². The van der Waals surface area contributed by atoms with Crippen LogP contribution >= 0.6 is 11.8 Å². The molecule has 0 spiro atoms. The van der Waals surface area contributed by atoms with E-state index in [1.807, 2.05) is 73.0 Å². The Balaban J connectivity index is 1.72. The van der Waals surface area contributed by atoms with Crippen molar-refractivity contribution in [3.8, 4) is 22.5 Å². The number of carbonyl (C=O) groups excluding carboxylic acids is 2. The van der Waals surface area contributed by atoms with Gasteiger partial charge in [-0.1, -0.05) is 79.9 Å². The van der Waals surface area contributed by atoms with Crippen LogP contribution in [0.15, 0.2) is 78.1 Å². The van der Waals surface area contributed by atoms with Gasteiger partial charge in [0.1, 0.15) is 12.5 Å². The summed E-state index contributed by atoms with van der Waals surface area (Å²) in [6, 6.07) is 22.5. The van der Waals surface area contributed by atoms with Crippen LogP contribution in [-0.4, -0.2) is 47.3 Å². The predicted octanol–water partition coefficient (Wildman–Crippen LogP) is 7.18. The Morgan fingerprint density at radius 1 is 1.00 bits per heavy atom. The fourth-order valence-corrected chi connectivity index (χ4v) is 5.77. The summed E-state index contributed by atoms with van der Waals surface area (Å²) in [5.41, 5.74) is 4.97. The summed E-state index contributed by atoms with van der Waals surface area (Å²) in [5.74, 6) is 0.187. The van der Waals surface area contributed by atoms with Crippen molar-refractivity contribution in [2.45, 2.75) is 57.3 Å². The van der Waals surface area contributed by atoms with E-state index in [4.69, 9.17) is 9.72 Å². The molecule has 2 aromatic carbocycles. The van der Waals surface area contributed by atoms with Crippen molar-refractivity contribution in [1.29, 1.82) is 0 Å². The van der Waals surface area contributed by atoms with Crippen molar-refractivity contribution < 1.29 is 14.3 Å². The Hall–Kier alpha value is -3.73. The van der Waals surface area contributed by atoms with Gasteiger partial charge in [0.15, 0.2) is 5.16 Å². The van der Waals surface area contributed by atoms with E-state index in [9.17, 15) is 9.59 Å². The van der Waals surface area contributed by atoms with E-state index in [2.05, 4.69) is 39.8 Å². The molecule has 0 saturated heterocycles. The Morgan fingerprint density at radius 3 is 2.45 bits per heavy atom. The highest BCUT2D eigenvalue weighted by atomic mass is 32.2. The van der Waals surface area contributed by atoms with Gasteiger partial charge in [-0.3, -0.25) is 14.2 Å². The maximum absolute atomic E-state index is 13.0. The van der Waals surface area contributed by atoms with Crippen molar-refractivity contribution in [2.24, 2.45) is 0 Å². The average Bonchev–Trinajstić information content (AvgIpc) is 3.32. The maximum Gasteiger partial charge on any atom is 0.224 e. The first-order valence-electron chi connectivity index (χ1n) is 14.0. The van der Waals surface area contributed by atoms with Gasteiger partial charge in [0.2, 0.25) is 11.8 Å². The minimum Gasteiger partial charge on any atom is -0.361 e. The SMILES string of the molecule is CSc1nc(-c2ccccc2NC(=O)CCc2ccccc2)c(-c2ccnc(NC(C)=O)c2)n1COCC[Si](C)(C)C. The number of anilines is 2. The smallest absolute Gasteiger partial charge is 0.224 e. The van der Waals surface area contributed by atoms with Crippen LogP contribution in [0.4, 0.5) is 11.5 Å². The minimum absolute atomic E-state index is 0.0658. The number of hydrogen-bond acceptors (Lipinski definition) is 6. The molecule has 2 heterocycles. The summed E-state index contributed by atoms with van der Waals surface area (Å²) in [6.45, 7) is 9.44. The minimum atomic E-state index is -1.26. The number of hydrogen-bond donors (Lipinski definition) is 2. The molecule has 42 heavy (non-hydrogen) atoms. The summed E-state index contributed by atoms with van der Waals surface area (Å²) in [6.07, 6.45) is 4.68. The van der Waals surface area contributed by atoms with Gasteiger partial charge in [-0.2, -0.15) is 0 Å². The van der Waals surface area contributed by atoms with Crippen LogP contribution < -0.4 is 10.6 Å². The number of benzene rings is 2. The maximum atomic E-state index is 13.0. The van der Waals surface area contributed by atoms with Gasteiger partial charge < -0.3 is 15.4 Å². The summed E-state index contributed by atoms with van der Waals surface area (Å²) in [4.78, 5) is 34.2. The third kappa shape index (κ3) is 8.64. The number of ether oxygens (including phenoxy) is 1. The number of aryl methyl sites for hydroxylation is 1. The van der Waals surface area contributed by atoms with Gasteiger partial charge in [-0.05, 0) is 42.5 Å². The average molecular weight is 602 g/mol. The molecule has 0 fully saturated rings. The van der Waals surface area contributed by atoms with Crippen LogP contribution in [-0.2, 0) is 27.5 Å². The lowest BCUT2D eigenvalue weighted by molar-refractivity contribution is -0.116. The van der Waals surface area contributed by atoms with Crippen molar-refractivity contribution in [3.05, 3.63) is 78.5 Å². The first-order valence-corrected chi connectivity index (χ1v) is 19.0. The zero-order valence-corrected chi connectivity index (χ0v) is 26.8. The Bertz CT molecular complexity index is 1520. The molecule has 0 aliphatic heterocycles. The number of amides is 2. The van der Waals surface area contributed by atoms with Gasteiger partial charge >= 0.3 is 0 Å². The molecule has 2 N–H and O–H groups in total. The van der Waals surface area contributed by atoms with E-state index in [-0.39, 0.29) is 11.8 Å². The fourth-order valence-electron chi connectivity index (χ4n) is 4.46. The Kier molecular flexibility index (Phi) is 10.7. The number of aromatic nitrogens is 3. The van der Waals surface area contributed by atoms with Gasteiger partial charge in [0.25, 0.3) is 0 Å². The number of nitrogens with zero attached hydrogens (tertiary/aromatic N) is 3. The molecule has 0 unspecified atom stereocenters. The van der Waals surface area contributed by atoms with Crippen LogP contribution in [0.25, 0.3) is 22.5 Å². The highest BCUT2D eigenvalue weighted by molar-refractivity contribution is 7.98. The number of imidazole rings is 1. The second-order valence-corrected chi connectivity index (χ2v) is 17.7. The third-order valence-corrected chi connectivity index (χ3v) is 8.99. The van der Waals surface area contributed by atoms with Gasteiger partial charge in [-0.25, -0.2) is 9.97 Å². The second kappa shape index (κ2) is 14.4. The van der Waals surface area contributed by atoms with E-state index in [1.54, 1.807) is 6.20 Å². The molecule has 0 bridgehead atoms. The highest BCUT2D eigenvalue weighted by Gasteiger charge is 2.23. The van der Waals surface area contributed by atoms with Crippen LogP contribution in [0, 0.1) is 0 Å². The Morgan fingerprint density at radius 2 is 1.74 bits per heavy atom. The molecule has 2 amide bonds. The monoisotopic (exact) mass is 601 g/mol. The second-order valence-electron chi connectivity index (χ2n) is 11.3. The van der Waals surface area contributed by atoms with Crippen LogP contribution in [0.1, 0.15) is 18.9 Å². The number of pyridine rings is 1. The molecule has 0 radical (unpaired) electrons. The first kappa shape index (κ1) is 31.2. The van der Waals surface area contributed by atoms with E-state index in [1.165, 1.54) is 18.7 Å². The van der Waals surface area contributed by atoms with Gasteiger partial charge in [0.05, 0.1) is 17.1 Å². The van der Waals surface area contributed by atoms with Crippen molar-refractivity contribution >= 4 is 43.2 Å². The lowest BCUT2D eigenvalue weighted by Gasteiger charge is -2.17. The molecule has 0 saturated carbocycles. The quantitative estimate of drug-likeness (QED) is 0.0957. The summed E-state index contributed by atoms with van der Waals surface area (Å²) in [5, 5.41) is 6.69. The molecular weight excluding hydrogens is 563 g/mol. The number of rotatable bonds is 13. The molecule has 0 aliphatic rings. The lowest BCUT2D eigenvalue weighted by atomic mass is 10.0. The summed E-state index contributed by atoms with van der Waals surface area (Å²) < 4.78 is 8.26. The van der Waals surface area contributed by atoms with Crippen LogP contribution in [0.3, 0.4) is 0 Å². The molecule has 0 aliphatic carbocycles. The molecular formula is C32H39N5O3SSi. The first-order chi connectivity index (χ1) is 20.1. The zero-order valence-electron chi connectivity index (χ0n) is 24.9. The standard InChI is InChI=1S/C32H39N5O3SSi/c1-23(38)34-28-21-25(17-18-33-28)31-30(36-32(41-2)37(31)22-40-19-20-42(3,4)5)26-13-9-10-14-27(26)35-29(39)16-15-24-11-7-6-8-12-24/h6-14,17-18,21H,15-16,19-20,22H2,1-5H3,(H,35,39)(H,33,34,38). The summed E-state index contributed by atoms with van der Waals surface area (Å²) in [7, 11) is -1.26. The summed E-state index contributed by atoms with van der Waals surface area (Å²) >= 11 is 1.53. The normalized spacial score (nSPS) is 11.4. The largest absolute Gasteiger partial charge is 0.361 e. The number of para-hydroxylation sites is 1. The highest BCUT2D eigenvalue weighted by Crippen LogP contribution is 2.39. The van der Waals surface area contributed by atoms with Crippen LogP contribution in [0.2, 0.25) is 25.7 Å². The van der Waals surface area contributed by atoms with Crippen molar-refractivity contribution in [2.75, 3.05) is 23.5 Å². The molecule has 0 atom stereocenters. The molecule has 8 nitrogen and oxygen atoms in total. The number of carbonyl (C=O) groups is 2. The third-order valence-electron chi connectivity index (χ3n) is 6.61. The Labute approximate surface area is 253 Å². The van der Waals surface area contributed by atoms with Crippen LogP contribution in [0.5, 0.6) is 0 Å². The van der Waals surface area contributed by atoms with E-state index in [0.29, 0.717) is 43.4 Å². The van der Waals surface area contributed by atoms with E-state index < -0.39 is 8.07 Å².